The van der Waals surface area contributed by atoms with Gasteiger partial charge in [0.05, 0.1) is 18.2 Å². The van der Waals surface area contributed by atoms with E-state index in [0.29, 0.717) is 23.7 Å². The number of ether oxygens (including phenoxy) is 1. The predicted molar refractivity (Wildman–Crippen MR) is 125 cm³/mol. The average molecular weight is 451 g/mol. The predicted octanol–water partition coefficient (Wildman–Crippen LogP) is 4.61. The molecule has 0 aliphatic heterocycles. The Morgan fingerprint density at radius 1 is 1.31 bits per heavy atom. The fourth-order valence-corrected chi connectivity index (χ4v) is 4.22. The Morgan fingerprint density at radius 2 is 2.09 bits per heavy atom. The number of benzene rings is 2. The quantitative estimate of drug-likeness (QED) is 0.508. The monoisotopic (exact) mass is 450 g/mol. The molecule has 0 saturated heterocycles. The molecule has 0 bridgehead atoms. The van der Waals surface area contributed by atoms with Gasteiger partial charge in [-0.1, -0.05) is 25.1 Å². The number of carboxylic acid groups (broad SMARTS) is 1. The highest BCUT2D eigenvalue weighted by Crippen LogP contribution is 2.32. The van der Waals surface area contributed by atoms with Gasteiger partial charge in [-0.15, -0.1) is 0 Å². The van der Waals surface area contributed by atoms with E-state index < -0.39 is 5.97 Å². The summed E-state index contributed by atoms with van der Waals surface area (Å²) >= 11 is 1.28. The first kappa shape index (κ1) is 23.4. The molecule has 166 valence electrons. The van der Waals surface area contributed by atoms with Crippen molar-refractivity contribution in [1.29, 1.82) is 5.26 Å². The zero-order valence-electron chi connectivity index (χ0n) is 18.6. The Balaban J connectivity index is 1.92. The van der Waals surface area contributed by atoms with Crippen LogP contribution in [0.25, 0.3) is 22.0 Å². The maximum atomic E-state index is 11.0. The van der Waals surface area contributed by atoms with Gasteiger partial charge in [0.2, 0.25) is 0 Å². The maximum absolute atomic E-state index is 11.0. The van der Waals surface area contributed by atoms with Crippen LogP contribution in [-0.2, 0) is 17.8 Å². The summed E-state index contributed by atoms with van der Waals surface area (Å²) < 4.78 is 10.3. The number of likely N-dealkylation sites (N-methyl/N-ethyl adjacent to an activating group) is 1. The molecule has 3 aromatic rings. The third-order valence-corrected chi connectivity index (χ3v) is 5.61. The summed E-state index contributed by atoms with van der Waals surface area (Å²) in [4.78, 5) is 17.5. The highest BCUT2D eigenvalue weighted by atomic mass is 32.1. The third-order valence-electron chi connectivity index (χ3n) is 4.85. The number of carboxylic acids is 1. The molecule has 0 aliphatic carbocycles. The fraction of sp³-hybridized carbons (Fsp3) is 0.333. The second-order valence-electron chi connectivity index (χ2n) is 7.78. The Bertz CT molecular complexity index is 1150. The summed E-state index contributed by atoms with van der Waals surface area (Å²) in [6, 6.07) is 13.6. The first-order chi connectivity index (χ1) is 15.3. The summed E-state index contributed by atoms with van der Waals surface area (Å²) in [6.45, 7) is 6.42. The first-order valence-corrected chi connectivity index (χ1v) is 11.2. The van der Waals surface area contributed by atoms with Crippen LogP contribution >= 0.6 is 11.5 Å². The molecule has 1 heterocycles. The Labute approximate surface area is 192 Å². The molecule has 0 fully saturated rings. The molecule has 0 aliphatic rings. The summed E-state index contributed by atoms with van der Waals surface area (Å²) in [5.74, 6) is 0.335. The summed E-state index contributed by atoms with van der Waals surface area (Å²) in [5.41, 5.74) is 4.39. The highest BCUT2D eigenvalue weighted by Gasteiger charge is 2.17. The minimum absolute atomic E-state index is 0.0182. The van der Waals surface area contributed by atoms with Crippen LogP contribution in [0.1, 0.15) is 37.5 Å². The molecule has 2 aromatic carbocycles. The molecule has 0 saturated carbocycles. The van der Waals surface area contributed by atoms with Crippen molar-refractivity contribution in [3.63, 3.8) is 0 Å². The van der Waals surface area contributed by atoms with Crippen LogP contribution in [-0.4, -0.2) is 45.0 Å². The Hall–Kier alpha value is -3.28. The van der Waals surface area contributed by atoms with Crippen LogP contribution in [0, 0.1) is 11.3 Å². The minimum atomic E-state index is -0.853. The zero-order chi connectivity index (χ0) is 23.3. The lowest BCUT2D eigenvalue weighted by molar-refractivity contribution is -0.138. The molecule has 7 nitrogen and oxygen atoms in total. The van der Waals surface area contributed by atoms with Crippen molar-refractivity contribution >= 4 is 17.5 Å². The van der Waals surface area contributed by atoms with Gasteiger partial charge < -0.3 is 9.84 Å². The van der Waals surface area contributed by atoms with E-state index in [-0.39, 0.29) is 12.6 Å². The summed E-state index contributed by atoms with van der Waals surface area (Å²) in [5, 5.41) is 19.3. The smallest absolute Gasteiger partial charge is 0.317 e. The van der Waals surface area contributed by atoms with Crippen molar-refractivity contribution in [1.82, 2.24) is 14.3 Å². The number of nitrogens with zero attached hydrogens (tertiary/aromatic N) is 4. The highest BCUT2D eigenvalue weighted by molar-refractivity contribution is 7.09. The van der Waals surface area contributed by atoms with Crippen molar-refractivity contribution in [2.24, 2.45) is 0 Å². The van der Waals surface area contributed by atoms with E-state index in [2.05, 4.69) is 17.4 Å². The second kappa shape index (κ2) is 10.4. The van der Waals surface area contributed by atoms with Crippen molar-refractivity contribution in [3.05, 3.63) is 53.1 Å². The minimum Gasteiger partial charge on any atom is -0.490 e. The molecule has 8 heteroatoms. The number of aromatic nitrogens is 2. The summed E-state index contributed by atoms with van der Waals surface area (Å²) in [7, 11) is 1.79. The van der Waals surface area contributed by atoms with E-state index in [0.717, 1.165) is 33.7 Å². The van der Waals surface area contributed by atoms with Crippen LogP contribution in [0.3, 0.4) is 0 Å². The molecule has 0 amide bonds. The van der Waals surface area contributed by atoms with E-state index in [9.17, 15) is 10.1 Å². The number of aliphatic carboxylic acids is 1. The molecule has 3 rings (SSSR count). The molecule has 0 spiro atoms. The van der Waals surface area contributed by atoms with Crippen molar-refractivity contribution in [2.45, 2.75) is 39.8 Å². The second-order valence-corrected chi connectivity index (χ2v) is 8.53. The van der Waals surface area contributed by atoms with Crippen LogP contribution in [0.5, 0.6) is 5.75 Å². The molecule has 32 heavy (non-hydrogen) atoms. The lowest BCUT2D eigenvalue weighted by Gasteiger charge is -2.18. The first-order valence-electron chi connectivity index (χ1n) is 10.4. The van der Waals surface area contributed by atoms with Gasteiger partial charge in [0.1, 0.15) is 16.8 Å². The van der Waals surface area contributed by atoms with Gasteiger partial charge in [0.15, 0.2) is 5.82 Å². The van der Waals surface area contributed by atoms with E-state index >= 15 is 0 Å². The van der Waals surface area contributed by atoms with Gasteiger partial charge in [-0.3, -0.25) is 9.69 Å². The fourth-order valence-electron chi connectivity index (χ4n) is 3.54. The zero-order valence-corrected chi connectivity index (χ0v) is 19.4. The van der Waals surface area contributed by atoms with Crippen molar-refractivity contribution in [3.8, 4) is 33.8 Å². The Kier molecular flexibility index (Phi) is 7.57. The van der Waals surface area contributed by atoms with Gasteiger partial charge in [0, 0.05) is 17.7 Å². The number of nitriles is 1. The summed E-state index contributed by atoms with van der Waals surface area (Å²) in [6.07, 6.45) is 0.760. The number of carbonyl (C=O) groups is 1. The number of hydrogen-bond acceptors (Lipinski definition) is 7. The lowest BCUT2D eigenvalue weighted by atomic mass is 9.98. The van der Waals surface area contributed by atoms with E-state index in [4.69, 9.17) is 14.8 Å². The normalized spacial score (nSPS) is 11.0. The van der Waals surface area contributed by atoms with Gasteiger partial charge in [0.25, 0.3) is 0 Å². The molecule has 0 unspecified atom stereocenters. The lowest BCUT2D eigenvalue weighted by Crippen LogP contribution is -2.25. The molecule has 1 aromatic heterocycles. The third kappa shape index (κ3) is 5.49. The van der Waals surface area contributed by atoms with E-state index in [1.54, 1.807) is 24.1 Å². The molecular formula is C24H26N4O3S. The van der Waals surface area contributed by atoms with Gasteiger partial charge in [-0.05, 0) is 68.2 Å². The standard InChI is InChI=1S/C24H26N4O3S/c1-5-19-17(13-28(4)14-22(29)30)7-6-8-20(19)23-26-24(32-27-23)16-9-10-21(31-15(2)3)18(11-16)12-25/h6-11,15H,5,13-14H2,1-4H3,(H,29,30). The van der Waals surface area contributed by atoms with Crippen molar-refractivity contribution < 1.29 is 14.6 Å². The van der Waals surface area contributed by atoms with Gasteiger partial charge in [-0.25, -0.2) is 4.98 Å². The van der Waals surface area contributed by atoms with Crippen molar-refractivity contribution in [2.75, 3.05) is 13.6 Å². The van der Waals surface area contributed by atoms with Crippen LogP contribution in [0.4, 0.5) is 0 Å². The largest absolute Gasteiger partial charge is 0.490 e. The molecule has 0 radical (unpaired) electrons. The molecular weight excluding hydrogens is 424 g/mol. The van der Waals surface area contributed by atoms with E-state index in [1.807, 2.05) is 38.1 Å². The van der Waals surface area contributed by atoms with Crippen LogP contribution in [0.2, 0.25) is 0 Å². The average Bonchev–Trinajstić information content (AvgIpc) is 3.23. The molecule has 1 N–H and O–H groups in total. The number of rotatable bonds is 9. The number of hydrogen-bond donors (Lipinski definition) is 1. The SMILES string of the molecule is CCc1c(CN(C)CC(=O)O)cccc1-c1nsc(-c2ccc(OC(C)C)c(C#N)c2)n1. The topological polar surface area (TPSA) is 99.3 Å². The van der Waals surface area contributed by atoms with Gasteiger partial charge >= 0.3 is 5.97 Å². The van der Waals surface area contributed by atoms with Crippen LogP contribution in [0.15, 0.2) is 36.4 Å². The molecule has 0 atom stereocenters. The van der Waals surface area contributed by atoms with Gasteiger partial charge in [-0.2, -0.15) is 9.64 Å². The van der Waals surface area contributed by atoms with E-state index in [1.165, 1.54) is 11.5 Å². The van der Waals surface area contributed by atoms with Crippen LogP contribution < -0.4 is 4.74 Å². The Morgan fingerprint density at radius 3 is 2.75 bits per heavy atom. The maximum Gasteiger partial charge on any atom is 0.317 e.